The Morgan fingerprint density at radius 1 is 1.33 bits per heavy atom. The predicted molar refractivity (Wildman–Crippen MR) is 66.7 cm³/mol. The maximum Gasteiger partial charge on any atom is 0.586 e. The van der Waals surface area contributed by atoms with Crippen molar-refractivity contribution in [1.29, 1.82) is 0 Å². The number of hydrogen-bond donors (Lipinski definition) is 2. The second kappa shape index (κ2) is 5.03. The molecule has 2 unspecified atom stereocenters. The van der Waals surface area contributed by atoms with E-state index in [2.05, 4.69) is 14.8 Å². The first-order valence-corrected chi connectivity index (χ1v) is 6.45. The SMILES string of the molecule is O=C(O)C1CCC(CNc2ccc3c(c2)OC(F)(F)O3)O1. The molecule has 8 heteroatoms. The van der Waals surface area contributed by atoms with Crippen molar-refractivity contribution in [3.05, 3.63) is 18.2 Å². The van der Waals surface area contributed by atoms with Crippen LogP contribution in [0.3, 0.4) is 0 Å². The molecular formula is C13H13F2NO5. The molecule has 114 valence electrons. The Bertz CT molecular complexity index is 565. The zero-order valence-corrected chi connectivity index (χ0v) is 10.8. The molecule has 0 aliphatic carbocycles. The summed E-state index contributed by atoms with van der Waals surface area (Å²) in [7, 11) is 0. The lowest BCUT2D eigenvalue weighted by Crippen LogP contribution is -2.26. The number of carboxylic acid groups (broad SMARTS) is 1. The molecule has 1 aromatic rings. The highest BCUT2D eigenvalue weighted by molar-refractivity contribution is 5.72. The van der Waals surface area contributed by atoms with Gasteiger partial charge in [-0.05, 0) is 25.0 Å². The number of carboxylic acids is 1. The highest BCUT2D eigenvalue weighted by Gasteiger charge is 2.43. The van der Waals surface area contributed by atoms with Gasteiger partial charge in [0.05, 0.1) is 6.10 Å². The second-order valence-electron chi connectivity index (χ2n) is 4.87. The van der Waals surface area contributed by atoms with Crippen molar-refractivity contribution >= 4 is 11.7 Å². The lowest BCUT2D eigenvalue weighted by Gasteiger charge is -2.13. The van der Waals surface area contributed by atoms with Crippen LogP contribution < -0.4 is 14.8 Å². The van der Waals surface area contributed by atoms with E-state index in [1.807, 2.05) is 0 Å². The summed E-state index contributed by atoms with van der Waals surface area (Å²) in [6, 6.07) is 4.36. The maximum absolute atomic E-state index is 12.9. The van der Waals surface area contributed by atoms with E-state index in [4.69, 9.17) is 9.84 Å². The molecule has 6 nitrogen and oxygen atoms in total. The van der Waals surface area contributed by atoms with E-state index in [1.54, 1.807) is 6.07 Å². The number of carbonyl (C=O) groups is 1. The Kier molecular flexibility index (Phi) is 3.32. The fourth-order valence-corrected chi connectivity index (χ4v) is 2.33. The number of hydrogen-bond acceptors (Lipinski definition) is 5. The van der Waals surface area contributed by atoms with Gasteiger partial charge in [0.2, 0.25) is 0 Å². The highest BCUT2D eigenvalue weighted by atomic mass is 19.3. The first kappa shape index (κ1) is 13.9. The van der Waals surface area contributed by atoms with Crippen LogP contribution in [-0.2, 0) is 9.53 Å². The number of halogens is 2. The van der Waals surface area contributed by atoms with Crippen molar-refractivity contribution < 1.29 is 32.9 Å². The van der Waals surface area contributed by atoms with E-state index in [-0.39, 0.29) is 17.6 Å². The van der Waals surface area contributed by atoms with Gasteiger partial charge in [-0.2, -0.15) is 0 Å². The smallest absolute Gasteiger partial charge is 0.479 e. The molecule has 0 saturated carbocycles. The van der Waals surface area contributed by atoms with Gasteiger partial charge in [0.15, 0.2) is 17.6 Å². The first-order valence-electron chi connectivity index (χ1n) is 6.45. The van der Waals surface area contributed by atoms with Crippen LogP contribution in [0.1, 0.15) is 12.8 Å². The molecule has 2 aliphatic rings. The number of nitrogens with one attached hydrogen (secondary N) is 1. The van der Waals surface area contributed by atoms with Gasteiger partial charge >= 0.3 is 12.3 Å². The summed E-state index contributed by atoms with van der Waals surface area (Å²) >= 11 is 0. The summed E-state index contributed by atoms with van der Waals surface area (Å²) in [6.07, 6.45) is -3.53. The normalized spacial score (nSPS) is 25.8. The summed E-state index contributed by atoms with van der Waals surface area (Å²) in [5.74, 6) is -1.03. The quantitative estimate of drug-likeness (QED) is 0.886. The van der Waals surface area contributed by atoms with E-state index >= 15 is 0 Å². The maximum atomic E-state index is 12.9. The molecule has 2 aliphatic heterocycles. The third kappa shape index (κ3) is 2.99. The third-order valence-corrected chi connectivity index (χ3v) is 3.32. The number of ether oxygens (including phenoxy) is 3. The summed E-state index contributed by atoms with van der Waals surface area (Å²) in [5, 5.41) is 11.8. The molecular weight excluding hydrogens is 288 g/mol. The Hall–Kier alpha value is -2.09. The van der Waals surface area contributed by atoms with Gasteiger partial charge in [0, 0.05) is 18.3 Å². The Labute approximate surface area is 118 Å². The average Bonchev–Trinajstić information content (AvgIpc) is 2.98. The number of alkyl halides is 2. The molecule has 0 bridgehead atoms. The molecule has 1 fully saturated rings. The van der Waals surface area contributed by atoms with E-state index in [9.17, 15) is 13.6 Å². The highest BCUT2D eigenvalue weighted by Crippen LogP contribution is 2.42. The van der Waals surface area contributed by atoms with Crippen LogP contribution in [0.5, 0.6) is 11.5 Å². The van der Waals surface area contributed by atoms with Crippen molar-refractivity contribution in [2.45, 2.75) is 31.3 Å². The number of benzene rings is 1. The van der Waals surface area contributed by atoms with Crippen molar-refractivity contribution in [2.24, 2.45) is 0 Å². The Morgan fingerprint density at radius 2 is 2.10 bits per heavy atom. The topological polar surface area (TPSA) is 77.0 Å². The fourth-order valence-electron chi connectivity index (χ4n) is 2.33. The van der Waals surface area contributed by atoms with Crippen LogP contribution in [-0.4, -0.2) is 36.1 Å². The van der Waals surface area contributed by atoms with Gasteiger partial charge in [-0.3, -0.25) is 0 Å². The number of rotatable bonds is 4. The summed E-state index contributed by atoms with van der Waals surface area (Å²) in [5.41, 5.74) is 0.567. The van der Waals surface area contributed by atoms with E-state index < -0.39 is 18.4 Å². The van der Waals surface area contributed by atoms with Crippen molar-refractivity contribution in [3.63, 3.8) is 0 Å². The molecule has 0 radical (unpaired) electrons. The Balaban J connectivity index is 1.57. The number of fused-ring (bicyclic) bond motifs is 1. The largest absolute Gasteiger partial charge is 0.586 e. The van der Waals surface area contributed by atoms with Gasteiger partial charge in [-0.1, -0.05) is 0 Å². The van der Waals surface area contributed by atoms with Gasteiger partial charge < -0.3 is 24.6 Å². The van der Waals surface area contributed by atoms with Crippen molar-refractivity contribution in [3.8, 4) is 11.5 Å². The fraction of sp³-hybridized carbons (Fsp3) is 0.462. The Morgan fingerprint density at radius 3 is 2.81 bits per heavy atom. The van der Waals surface area contributed by atoms with Crippen LogP contribution in [0.2, 0.25) is 0 Å². The zero-order chi connectivity index (χ0) is 15.0. The molecule has 0 amide bonds. The monoisotopic (exact) mass is 301 g/mol. The van der Waals surface area contributed by atoms with E-state index in [0.717, 1.165) is 0 Å². The van der Waals surface area contributed by atoms with Gasteiger partial charge in [-0.25, -0.2) is 4.79 Å². The molecule has 2 N–H and O–H groups in total. The van der Waals surface area contributed by atoms with Gasteiger partial charge in [-0.15, -0.1) is 8.78 Å². The van der Waals surface area contributed by atoms with Gasteiger partial charge in [0.25, 0.3) is 0 Å². The lowest BCUT2D eigenvalue weighted by molar-refractivity contribution is -0.286. The molecule has 3 rings (SSSR count). The van der Waals surface area contributed by atoms with Crippen LogP contribution in [0.15, 0.2) is 18.2 Å². The molecule has 21 heavy (non-hydrogen) atoms. The minimum atomic E-state index is -3.63. The van der Waals surface area contributed by atoms with Crippen LogP contribution in [0, 0.1) is 0 Å². The lowest BCUT2D eigenvalue weighted by atomic mass is 10.2. The molecule has 0 spiro atoms. The minimum absolute atomic E-state index is 0.0198. The molecule has 1 aromatic carbocycles. The second-order valence-corrected chi connectivity index (χ2v) is 4.87. The van der Waals surface area contributed by atoms with Crippen molar-refractivity contribution in [1.82, 2.24) is 0 Å². The summed E-state index contributed by atoms with van der Waals surface area (Å²) < 4.78 is 39.7. The van der Waals surface area contributed by atoms with Crippen LogP contribution in [0.4, 0.5) is 14.5 Å². The van der Waals surface area contributed by atoms with E-state index in [1.165, 1.54) is 12.1 Å². The first-order chi connectivity index (χ1) is 9.93. The van der Waals surface area contributed by atoms with E-state index in [0.29, 0.717) is 25.1 Å². The third-order valence-electron chi connectivity index (χ3n) is 3.32. The number of anilines is 1. The molecule has 2 atom stereocenters. The van der Waals surface area contributed by atoms with Gasteiger partial charge in [0.1, 0.15) is 0 Å². The van der Waals surface area contributed by atoms with Crippen LogP contribution >= 0.6 is 0 Å². The molecule has 2 heterocycles. The predicted octanol–water partition coefficient (Wildman–Crippen LogP) is 2.05. The molecule has 1 saturated heterocycles. The standard InChI is InChI=1S/C13H13F2NO5/c14-13(15)20-9-3-1-7(5-11(9)21-13)16-6-8-2-4-10(19-8)12(17)18/h1,3,5,8,10,16H,2,4,6H2,(H,17,18). The molecule has 0 aromatic heterocycles. The minimum Gasteiger partial charge on any atom is -0.479 e. The zero-order valence-electron chi connectivity index (χ0n) is 10.8. The average molecular weight is 301 g/mol. The van der Waals surface area contributed by atoms with Crippen LogP contribution in [0.25, 0.3) is 0 Å². The summed E-state index contributed by atoms with van der Waals surface area (Å²) in [4.78, 5) is 10.8. The number of aliphatic carboxylic acids is 1. The van der Waals surface area contributed by atoms with Crippen molar-refractivity contribution in [2.75, 3.05) is 11.9 Å². The summed E-state index contributed by atoms with van der Waals surface area (Å²) in [6.45, 7) is 0.389.